The van der Waals surface area contributed by atoms with E-state index in [4.69, 9.17) is 4.74 Å². The predicted octanol–water partition coefficient (Wildman–Crippen LogP) is 4.29. The summed E-state index contributed by atoms with van der Waals surface area (Å²) >= 11 is 0. The van der Waals surface area contributed by atoms with Gasteiger partial charge in [0.15, 0.2) is 0 Å². The molecule has 0 aliphatic rings. The average Bonchev–Trinajstić information content (AvgIpc) is 2.82. The van der Waals surface area contributed by atoms with Gasteiger partial charge in [0.05, 0.1) is 12.3 Å². The number of aryl methyl sites for hydroxylation is 1. The maximum absolute atomic E-state index is 5.66. The smallest absolute Gasteiger partial charge is 0.137 e. The third-order valence-electron chi connectivity index (χ3n) is 3.08. The zero-order valence-corrected chi connectivity index (χ0v) is 13.2. The highest BCUT2D eigenvalue weighted by molar-refractivity contribution is 8.93. The van der Waals surface area contributed by atoms with Gasteiger partial charge in [0, 0.05) is 18.0 Å². The first-order valence-electron chi connectivity index (χ1n) is 6.45. The lowest BCUT2D eigenvalue weighted by Gasteiger charge is -2.07. The highest BCUT2D eigenvalue weighted by Gasteiger charge is 2.09. The summed E-state index contributed by atoms with van der Waals surface area (Å²) in [6.07, 6.45) is 4.07. The van der Waals surface area contributed by atoms with Crippen molar-refractivity contribution in [2.45, 2.75) is 13.8 Å². The van der Waals surface area contributed by atoms with Crippen molar-refractivity contribution < 1.29 is 4.74 Å². The molecule has 3 nitrogen and oxygen atoms in total. The number of aromatic nitrogens is 2. The molecular weight excluding hydrogens is 316 g/mol. The Morgan fingerprint density at radius 2 is 2.00 bits per heavy atom. The van der Waals surface area contributed by atoms with E-state index in [1.54, 1.807) is 0 Å². The number of halogens is 1. The zero-order valence-electron chi connectivity index (χ0n) is 11.5. The van der Waals surface area contributed by atoms with E-state index in [0.29, 0.717) is 6.61 Å². The van der Waals surface area contributed by atoms with Crippen molar-refractivity contribution >= 4 is 22.6 Å². The predicted molar refractivity (Wildman–Crippen MR) is 86.9 cm³/mol. The minimum atomic E-state index is 0. The van der Waals surface area contributed by atoms with Crippen LogP contribution in [0.3, 0.4) is 0 Å². The molecular formula is C16H17BrN2O. The molecule has 0 fully saturated rings. The van der Waals surface area contributed by atoms with Crippen LogP contribution in [0.1, 0.15) is 12.5 Å². The van der Waals surface area contributed by atoms with Crippen LogP contribution >= 0.6 is 17.0 Å². The molecule has 2 heterocycles. The number of pyridine rings is 1. The second-order valence-electron chi connectivity index (χ2n) is 4.52. The summed E-state index contributed by atoms with van der Waals surface area (Å²) in [6, 6.07) is 12.2. The minimum Gasteiger partial charge on any atom is -0.493 e. The summed E-state index contributed by atoms with van der Waals surface area (Å²) in [4.78, 5) is 4.67. The Hall–Kier alpha value is -1.81. The number of fused-ring (bicyclic) bond motifs is 1. The Bertz CT molecular complexity index is 721. The molecule has 20 heavy (non-hydrogen) atoms. The van der Waals surface area contributed by atoms with Crippen LogP contribution in [0.2, 0.25) is 0 Å². The highest BCUT2D eigenvalue weighted by Crippen LogP contribution is 2.29. The third-order valence-corrected chi connectivity index (χ3v) is 3.08. The van der Waals surface area contributed by atoms with Gasteiger partial charge in [-0.25, -0.2) is 4.98 Å². The molecule has 0 aliphatic carbocycles. The molecule has 0 saturated heterocycles. The van der Waals surface area contributed by atoms with E-state index in [1.165, 1.54) is 5.56 Å². The van der Waals surface area contributed by atoms with E-state index in [2.05, 4.69) is 24.0 Å². The average molecular weight is 333 g/mol. The normalized spacial score (nSPS) is 10.3. The summed E-state index contributed by atoms with van der Waals surface area (Å²) in [5.74, 6) is 0.880. The van der Waals surface area contributed by atoms with Crippen LogP contribution in [-0.4, -0.2) is 16.0 Å². The molecule has 2 aromatic heterocycles. The number of benzene rings is 1. The first-order valence-corrected chi connectivity index (χ1v) is 6.45. The van der Waals surface area contributed by atoms with Crippen molar-refractivity contribution in [1.82, 2.24) is 9.38 Å². The molecule has 0 aliphatic heterocycles. The molecule has 0 atom stereocenters. The maximum Gasteiger partial charge on any atom is 0.137 e. The van der Waals surface area contributed by atoms with Crippen LogP contribution in [0.5, 0.6) is 5.75 Å². The molecule has 0 unspecified atom stereocenters. The molecule has 104 valence electrons. The molecule has 4 heteroatoms. The van der Waals surface area contributed by atoms with Crippen LogP contribution in [0.4, 0.5) is 0 Å². The van der Waals surface area contributed by atoms with Crippen LogP contribution in [0, 0.1) is 6.92 Å². The number of nitrogens with zero attached hydrogens (tertiary/aromatic N) is 2. The van der Waals surface area contributed by atoms with Gasteiger partial charge >= 0.3 is 0 Å². The van der Waals surface area contributed by atoms with E-state index in [-0.39, 0.29) is 17.0 Å². The van der Waals surface area contributed by atoms with Gasteiger partial charge in [-0.05, 0) is 43.7 Å². The van der Waals surface area contributed by atoms with Crippen LogP contribution < -0.4 is 4.74 Å². The van der Waals surface area contributed by atoms with Gasteiger partial charge in [-0.2, -0.15) is 0 Å². The fourth-order valence-electron chi connectivity index (χ4n) is 2.17. The van der Waals surface area contributed by atoms with Crippen molar-refractivity contribution in [3.8, 4) is 17.0 Å². The number of hydrogen-bond acceptors (Lipinski definition) is 2. The Kier molecular flexibility index (Phi) is 4.45. The van der Waals surface area contributed by atoms with Crippen LogP contribution in [0.25, 0.3) is 16.9 Å². The van der Waals surface area contributed by atoms with E-state index < -0.39 is 0 Å². The first-order chi connectivity index (χ1) is 9.28. The lowest BCUT2D eigenvalue weighted by molar-refractivity contribution is 0.341. The van der Waals surface area contributed by atoms with Crippen molar-refractivity contribution in [3.63, 3.8) is 0 Å². The van der Waals surface area contributed by atoms with E-state index in [9.17, 15) is 0 Å². The summed E-state index contributed by atoms with van der Waals surface area (Å²) in [6.45, 7) is 4.72. The van der Waals surface area contributed by atoms with Gasteiger partial charge in [0.2, 0.25) is 0 Å². The molecule has 0 spiro atoms. The van der Waals surface area contributed by atoms with Gasteiger partial charge in [-0.1, -0.05) is 12.1 Å². The molecule has 0 radical (unpaired) electrons. The number of imidazole rings is 1. The van der Waals surface area contributed by atoms with E-state index in [1.807, 2.05) is 48.0 Å². The fourth-order valence-corrected chi connectivity index (χ4v) is 2.17. The summed E-state index contributed by atoms with van der Waals surface area (Å²) in [5, 5.41) is 0. The largest absolute Gasteiger partial charge is 0.493 e. The van der Waals surface area contributed by atoms with Gasteiger partial charge in [0.25, 0.3) is 0 Å². The Labute approximate surface area is 129 Å². The Morgan fingerprint density at radius 1 is 1.20 bits per heavy atom. The van der Waals surface area contributed by atoms with Crippen molar-refractivity contribution in [3.05, 3.63) is 54.4 Å². The first kappa shape index (κ1) is 14.6. The number of rotatable bonds is 3. The van der Waals surface area contributed by atoms with Gasteiger partial charge in [-0.15, -0.1) is 17.0 Å². The molecule has 3 aromatic rings. The SMILES string of the molecule is Br.CCOc1ccccc1-c1cn2ccc(C)cc2n1. The molecule has 0 saturated carbocycles. The second kappa shape index (κ2) is 6.09. The maximum atomic E-state index is 5.66. The quantitative estimate of drug-likeness (QED) is 0.715. The van der Waals surface area contributed by atoms with Crippen LogP contribution in [-0.2, 0) is 0 Å². The third kappa shape index (κ3) is 2.70. The molecule has 3 rings (SSSR count). The molecule has 0 bridgehead atoms. The summed E-state index contributed by atoms with van der Waals surface area (Å²) in [7, 11) is 0. The fraction of sp³-hybridized carbons (Fsp3) is 0.188. The number of ether oxygens (including phenoxy) is 1. The lowest BCUT2D eigenvalue weighted by Crippen LogP contribution is -1.93. The lowest BCUT2D eigenvalue weighted by atomic mass is 10.1. The molecule has 0 amide bonds. The van der Waals surface area contributed by atoms with Crippen molar-refractivity contribution in [1.29, 1.82) is 0 Å². The van der Waals surface area contributed by atoms with Crippen molar-refractivity contribution in [2.75, 3.05) is 6.61 Å². The van der Waals surface area contributed by atoms with Crippen LogP contribution in [0.15, 0.2) is 48.8 Å². The Morgan fingerprint density at radius 3 is 2.80 bits per heavy atom. The second-order valence-corrected chi connectivity index (χ2v) is 4.52. The summed E-state index contributed by atoms with van der Waals surface area (Å²) in [5.41, 5.74) is 4.14. The number of para-hydroxylation sites is 1. The number of hydrogen-bond donors (Lipinski definition) is 0. The topological polar surface area (TPSA) is 26.5 Å². The summed E-state index contributed by atoms with van der Waals surface area (Å²) < 4.78 is 7.69. The van der Waals surface area contributed by atoms with E-state index >= 15 is 0 Å². The Balaban J connectivity index is 0.00000147. The zero-order chi connectivity index (χ0) is 13.2. The van der Waals surface area contributed by atoms with Gasteiger partial charge in [0.1, 0.15) is 11.4 Å². The van der Waals surface area contributed by atoms with Crippen molar-refractivity contribution in [2.24, 2.45) is 0 Å². The molecule has 1 aromatic carbocycles. The minimum absolute atomic E-state index is 0. The monoisotopic (exact) mass is 332 g/mol. The van der Waals surface area contributed by atoms with Gasteiger partial charge < -0.3 is 9.14 Å². The molecule has 0 N–H and O–H groups in total. The van der Waals surface area contributed by atoms with Gasteiger partial charge in [-0.3, -0.25) is 0 Å². The van der Waals surface area contributed by atoms with E-state index in [0.717, 1.165) is 22.7 Å². The highest BCUT2D eigenvalue weighted by atomic mass is 79.9. The standard InChI is InChI=1S/C16H16N2O.BrH/c1-3-19-15-7-5-4-6-13(15)14-11-18-9-8-12(2)10-16(18)17-14;/h4-11H,3H2,1-2H3;1H.